The SMILES string of the molecule is Cc1nc(CC(O)c2cccc3c2OCCO3)cs1. The highest BCUT2D eigenvalue weighted by molar-refractivity contribution is 7.09. The molecule has 100 valence electrons. The molecule has 0 amide bonds. The Balaban J connectivity index is 1.85. The number of aliphatic hydroxyl groups excluding tert-OH is 1. The van der Waals surface area contributed by atoms with Crippen molar-refractivity contribution in [1.82, 2.24) is 4.98 Å². The van der Waals surface area contributed by atoms with E-state index in [2.05, 4.69) is 4.98 Å². The quantitative estimate of drug-likeness (QED) is 0.936. The number of ether oxygens (including phenoxy) is 2. The molecular weight excluding hydrogens is 262 g/mol. The van der Waals surface area contributed by atoms with E-state index in [1.807, 2.05) is 30.5 Å². The van der Waals surface area contributed by atoms with Gasteiger partial charge in [-0.3, -0.25) is 0 Å². The molecule has 3 rings (SSSR count). The van der Waals surface area contributed by atoms with Crippen molar-refractivity contribution in [2.75, 3.05) is 13.2 Å². The summed E-state index contributed by atoms with van der Waals surface area (Å²) in [4.78, 5) is 4.37. The number of fused-ring (bicyclic) bond motifs is 1. The Morgan fingerprint density at radius 3 is 3.00 bits per heavy atom. The summed E-state index contributed by atoms with van der Waals surface area (Å²) in [6.45, 7) is 3.03. The number of rotatable bonds is 3. The van der Waals surface area contributed by atoms with Crippen LogP contribution in [0.5, 0.6) is 11.5 Å². The first-order chi connectivity index (χ1) is 9.24. The highest BCUT2D eigenvalue weighted by atomic mass is 32.1. The van der Waals surface area contributed by atoms with Gasteiger partial charge in [-0.1, -0.05) is 12.1 Å². The molecule has 0 bridgehead atoms. The molecule has 2 aromatic rings. The monoisotopic (exact) mass is 277 g/mol. The van der Waals surface area contributed by atoms with Gasteiger partial charge < -0.3 is 14.6 Å². The number of para-hydroxylation sites is 1. The van der Waals surface area contributed by atoms with Crippen LogP contribution in [-0.4, -0.2) is 23.3 Å². The third-order valence-corrected chi connectivity index (χ3v) is 3.85. The maximum Gasteiger partial charge on any atom is 0.167 e. The van der Waals surface area contributed by atoms with Gasteiger partial charge in [-0.15, -0.1) is 11.3 Å². The minimum Gasteiger partial charge on any atom is -0.486 e. The fraction of sp³-hybridized carbons (Fsp3) is 0.357. The van der Waals surface area contributed by atoms with Crippen molar-refractivity contribution in [3.8, 4) is 11.5 Å². The molecule has 1 unspecified atom stereocenters. The van der Waals surface area contributed by atoms with Crippen LogP contribution in [0.1, 0.15) is 22.4 Å². The summed E-state index contributed by atoms with van der Waals surface area (Å²) < 4.78 is 11.1. The highest BCUT2D eigenvalue weighted by Gasteiger charge is 2.21. The second-order valence-electron chi connectivity index (χ2n) is 4.45. The Morgan fingerprint density at radius 1 is 1.37 bits per heavy atom. The van der Waals surface area contributed by atoms with Crippen LogP contribution in [0.3, 0.4) is 0 Å². The molecule has 2 heterocycles. The topological polar surface area (TPSA) is 51.6 Å². The van der Waals surface area contributed by atoms with E-state index in [-0.39, 0.29) is 0 Å². The maximum atomic E-state index is 10.4. The first-order valence-electron chi connectivity index (χ1n) is 6.21. The van der Waals surface area contributed by atoms with Crippen LogP contribution in [0.25, 0.3) is 0 Å². The molecule has 0 saturated heterocycles. The molecular formula is C14H15NO3S. The summed E-state index contributed by atoms with van der Waals surface area (Å²) in [6, 6.07) is 5.60. The predicted molar refractivity (Wildman–Crippen MR) is 72.9 cm³/mol. The molecule has 1 aliphatic rings. The van der Waals surface area contributed by atoms with Crippen LogP contribution in [0, 0.1) is 6.92 Å². The fourth-order valence-corrected chi connectivity index (χ4v) is 2.79. The lowest BCUT2D eigenvalue weighted by molar-refractivity contribution is 0.145. The normalized spacial score (nSPS) is 15.3. The molecule has 1 atom stereocenters. The lowest BCUT2D eigenvalue weighted by atomic mass is 10.0. The van der Waals surface area contributed by atoms with E-state index in [9.17, 15) is 5.11 Å². The zero-order chi connectivity index (χ0) is 13.2. The molecule has 1 aliphatic heterocycles. The lowest BCUT2D eigenvalue weighted by Gasteiger charge is -2.22. The molecule has 0 saturated carbocycles. The van der Waals surface area contributed by atoms with Gasteiger partial charge in [0.2, 0.25) is 0 Å². The number of aliphatic hydroxyl groups is 1. The third-order valence-electron chi connectivity index (χ3n) is 3.02. The average Bonchev–Trinajstić information content (AvgIpc) is 2.83. The first-order valence-corrected chi connectivity index (χ1v) is 7.09. The van der Waals surface area contributed by atoms with Gasteiger partial charge in [0.15, 0.2) is 11.5 Å². The van der Waals surface area contributed by atoms with Crippen LogP contribution in [0.15, 0.2) is 23.6 Å². The number of benzene rings is 1. The van der Waals surface area contributed by atoms with E-state index in [1.165, 1.54) is 0 Å². The first kappa shape index (κ1) is 12.4. The summed E-state index contributed by atoms with van der Waals surface area (Å²) in [5.41, 5.74) is 1.67. The van der Waals surface area contributed by atoms with Crippen molar-refractivity contribution in [2.45, 2.75) is 19.4 Å². The van der Waals surface area contributed by atoms with Gasteiger partial charge in [-0.25, -0.2) is 4.98 Å². The van der Waals surface area contributed by atoms with Crippen LogP contribution in [-0.2, 0) is 6.42 Å². The molecule has 1 aromatic carbocycles. The fourth-order valence-electron chi connectivity index (χ4n) is 2.17. The van der Waals surface area contributed by atoms with E-state index in [1.54, 1.807) is 11.3 Å². The summed E-state index contributed by atoms with van der Waals surface area (Å²) in [5, 5.41) is 13.4. The molecule has 5 heteroatoms. The molecule has 0 spiro atoms. The van der Waals surface area contributed by atoms with E-state index in [0.717, 1.165) is 16.3 Å². The number of aryl methyl sites for hydroxylation is 1. The van der Waals surface area contributed by atoms with Crippen molar-refractivity contribution in [1.29, 1.82) is 0 Å². The minimum absolute atomic E-state index is 0.490. The zero-order valence-electron chi connectivity index (χ0n) is 10.6. The molecule has 4 nitrogen and oxygen atoms in total. The van der Waals surface area contributed by atoms with Gasteiger partial charge in [-0.2, -0.15) is 0 Å². The Bertz CT molecular complexity index is 582. The van der Waals surface area contributed by atoms with E-state index in [0.29, 0.717) is 31.1 Å². The zero-order valence-corrected chi connectivity index (χ0v) is 11.4. The van der Waals surface area contributed by atoms with Gasteiger partial charge in [0, 0.05) is 17.4 Å². The van der Waals surface area contributed by atoms with Crippen LogP contribution in [0.4, 0.5) is 0 Å². The summed E-state index contributed by atoms with van der Waals surface area (Å²) in [7, 11) is 0. The largest absolute Gasteiger partial charge is 0.486 e. The van der Waals surface area contributed by atoms with E-state index in [4.69, 9.17) is 9.47 Å². The highest BCUT2D eigenvalue weighted by Crippen LogP contribution is 2.37. The second kappa shape index (κ2) is 5.19. The molecule has 1 aromatic heterocycles. The lowest BCUT2D eigenvalue weighted by Crippen LogP contribution is -2.17. The molecule has 0 fully saturated rings. The Hall–Kier alpha value is -1.59. The summed E-state index contributed by atoms with van der Waals surface area (Å²) in [5.74, 6) is 1.37. The molecule has 1 N–H and O–H groups in total. The number of thiazole rings is 1. The summed E-state index contributed by atoms with van der Waals surface area (Å²) in [6.07, 6.45) is -0.136. The van der Waals surface area contributed by atoms with Crippen LogP contribution < -0.4 is 9.47 Å². The van der Waals surface area contributed by atoms with Gasteiger partial charge in [0.05, 0.1) is 16.8 Å². The van der Waals surface area contributed by atoms with Crippen LogP contribution >= 0.6 is 11.3 Å². The standard InChI is InChI=1S/C14H15NO3S/c1-9-15-10(8-19-9)7-12(16)11-3-2-4-13-14(11)18-6-5-17-13/h2-4,8,12,16H,5-7H2,1H3. The van der Waals surface area contributed by atoms with Gasteiger partial charge >= 0.3 is 0 Å². The van der Waals surface area contributed by atoms with Gasteiger partial charge in [0.1, 0.15) is 13.2 Å². The summed E-state index contributed by atoms with van der Waals surface area (Å²) >= 11 is 1.59. The minimum atomic E-state index is -0.627. The Labute approximate surface area is 115 Å². The van der Waals surface area contributed by atoms with Crippen molar-refractivity contribution in [3.05, 3.63) is 39.8 Å². The Kier molecular flexibility index (Phi) is 3.40. The average molecular weight is 277 g/mol. The van der Waals surface area contributed by atoms with Crippen LogP contribution in [0.2, 0.25) is 0 Å². The second-order valence-corrected chi connectivity index (χ2v) is 5.51. The van der Waals surface area contributed by atoms with E-state index < -0.39 is 6.10 Å². The predicted octanol–water partition coefficient (Wildman–Crippen LogP) is 2.50. The number of aromatic nitrogens is 1. The van der Waals surface area contributed by atoms with Crippen molar-refractivity contribution in [2.24, 2.45) is 0 Å². The van der Waals surface area contributed by atoms with Gasteiger partial charge in [0.25, 0.3) is 0 Å². The number of nitrogens with zero attached hydrogens (tertiary/aromatic N) is 1. The van der Waals surface area contributed by atoms with E-state index >= 15 is 0 Å². The molecule has 0 radical (unpaired) electrons. The maximum absolute atomic E-state index is 10.4. The van der Waals surface area contributed by atoms with Crippen molar-refractivity contribution in [3.63, 3.8) is 0 Å². The molecule has 0 aliphatic carbocycles. The van der Waals surface area contributed by atoms with Crippen molar-refractivity contribution < 1.29 is 14.6 Å². The smallest absolute Gasteiger partial charge is 0.167 e. The Morgan fingerprint density at radius 2 is 2.21 bits per heavy atom. The number of hydrogen-bond acceptors (Lipinski definition) is 5. The number of hydrogen-bond donors (Lipinski definition) is 1. The molecule has 19 heavy (non-hydrogen) atoms. The van der Waals surface area contributed by atoms with Crippen molar-refractivity contribution >= 4 is 11.3 Å². The third kappa shape index (κ3) is 2.57. The van der Waals surface area contributed by atoms with Gasteiger partial charge in [-0.05, 0) is 13.0 Å².